The highest BCUT2D eigenvalue weighted by molar-refractivity contribution is 6.30. The quantitative estimate of drug-likeness (QED) is 0.812. The van der Waals surface area contributed by atoms with Gasteiger partial charge < -0.3 is 9.47 Å². The van der Waals surface area contributed by atoms with Gasteiger partial charge in [0, 0.05) is 19.3 Å². The van der Waals surface area contributed by atoms with Gasteiger partial charge in [-0.3, -0.25) is 0 Å². The largest absolute Gasteiger partial charge is 0.493 e. The fourth-order valence-electron chi connectivity index (χ4n) is 1.69. The maximum atomic E-state index is 13.1. The Morgan fingerprint density at radius 3 is 2.81 bits per heavy atom. The molecule has 1 aliphatic rings. The molecule has 1 fully saturated rings. The molecule has 0 spiro atoms. The molecule has 0 aromatic heterocycles. The van der Waals surface area contributed by atoms with Crippen LogP contribution in [0.5, 0.6) is 5.75 Å². The van der Waals surface area contributed by atoms with Crippen molar-refractivity contribution in [2.45, 2.75) is 12.8 Å². The zero-order valence-electron chi connectivity index (χ0n) is 8.92. The Bertz CT molecular complexity index is 351. The highest BCUT2D eigenvalue weighted by Gasteiger charge is 2.14. The van der Waals surface area contributed by atoms with Gasteiger partial charge in [-0.05, 0) is 30.9 Å². The van der Waals surface area contributed by atoms with Gasteiger partial charge in [-0.25, -0.2) is 4.39 Å². The molecule has 0 amide bonds. The summed E-state index contributed by atoms with van der Waals surface area (Å²) < 4.78 is 23.9. The summed E-state index contributed by atoms with van der Waals surface area (Å²) in [7, 11) is 0. The molecule has 0 unspecified atom stereocenters. The molecule has 0 radical (unpaired) electrons. The predicted molar refractivity (Wildman–Crippen MR) is 60.4 cm³/mol. The molecular weight excluding hydrogens is 231 g/mol. The monoisotopic (exact) mass is 244 g/mol. The van der Waals surface area contributed by atoms with Crippen molar-refractivity contribution in [2.75, 3.05) is 19.8 Å². The molecule has 0 N–H and O–H groups in total. The number of halogens is 2. The van der Waals surface area contributed by atoms with Crippen LogP contribution in [-0.4, -0.2) is 19.8 Å². The van der Waals surface area contributed by atoms with Crippen molar-refractivity contribution >= 4 is 11.6 Å². The Labute approximate surface area is 99.3 Å². The maximum Gasteiger partial charge on any atom is 0.145 e. The number of hydrogen-bond donors (Lipinski definition) is 0. The zero-order valence-corrected chi connectivity index (χ0v) is 9.67. The van der Waals surface area contributed by atoms with E-state index in [1.165, 1.54) is 12.1 Å². The summed E-state index contributed by atoms with van der Waals surface area (Å²) >= 11 is 5.58. The van der Waals surface area contributed by atoms with Gasteiger partial charge in [0.1, 0.15) is 11.6 Å². The molecule has 0 aliphatic carbocycles. The van der Waals surface area contributed by atoms with Crippen LogP contribution in [0.3, 0.4) is 0 Å². The van der Waals surface area contributed by atoms with Crippen molar-refractivity contribution in [1.29, 1.82) is 0 Å². The van der Waals surface area contributed by atoms with E-state index in [4.69, 9.17) is 21.1 Å². The van der Waals surface area contributed by atoms with E-state index in [1.807, 2.05) is 0 Å². The second-order valence-electron chi connectivity index (χ2n) is 3.94. The van der Waals surface area contributed by atoms with Crippen LogP contribution in [0.25, 0.3) is 0 Å². The summed E-state index contributed by atoms with van der Waals surface area (Å²) in [6.45, 7) is 2.20. The van der Waals surface area contributed by atoms with Gasteiger partial charge in [0.15, 0.2) is 0 Å². The van der Waals surface area contributed by atoms with E-state index in [9.17, 15) is 4.39 Å². The van der Waals surface area contributed by atoms with E-state index >= 15 is 0 Å². The second-order valence-corrected chi connectivity index (χ2v) is 4.35. The molecule has 1 aliphatic heterocycles. The Morgan fingerprint density at radius 2 is 2.12 bits per heavy atom. The fraction of sp³-hybridized carbons (Fsp3) is 0.500. The molecule has 1 aromatic carbocycles. The first-order valence-electron chi connectivity index (χ1n) is 5.41. The van der Waals surface area contributed by atoms with E-state index in [2.05, 4.69) is 0 Å². The van der Waals surface area contributed by atoms with Gasteiger partial charge in [0.25, 0.3) is 0 Å². The average Bonchev–Trinajstić information content (AvgIpc) is 2.32. The Hall–Kier alpha value is -0.800. The molecule has 0 saturated carbocycles. The van der Waals surface area contributed by atoms with E-state index in [0.29, 0.717) is 18.3 Å². The standard InChI is InChI=1S/C12H14ClFO2/c13-11-2-1-10(7-12(11)14)16-8-9-3-5-15-6-4-9/h1-2,7,9H,3-6,8H2. The van der Waals surface area contributed by atoms with Crippen molar-refractivity contribution in [2.24, 2.45) is 5.92 Å². The van der Waals surface area contributed by atoms with Crippen molar-refractivity contribution < 1.29 is 13.9 Å². The first-order chi connectivity index (χ1) is 7.75. The molecular formula is C12H14ClFO2. The summed E-state index contributed by atoms with van der Waals surface area (Å²) in [5, 5.41) is 0.124. The SMILES string of the molecule is Fc1cc(OCC2CCOCC2)ccc1Cl. The normalized spacial score (nSPS) is 17.4. The highest BCUT2D eigenvalue weighted by Crippen LogP contribution is 2.22. The summed E-state index contributed by atoms with van der Waals surface area (Å²) in [5.74, 6) is 0.604. The van der Waals surface area contributed by atoms with Gasteiger partial charge in [-0.2, -0.15) is 0 Å². The van der Waals surface area contributed by atoms with Crippen LogP contribution in [0.2, 0.25) is 5.02 Å². The average molecular weight is 245 g/mol. The minimum Gasteiger partial charge on any atom is -0.493 e. The van der Waals surface area contributed by atoms with Gasteiger partial charge in [0.05, 0.1) is 11.6 Å². The molecule has 1 saturated heterocycles. The highest BCUT2D eigenvalue weighted by atomic mass is 35.5. The predicted octanol–water partition coefficient (Wildman–Crippen LogP) is 3.28. The van der Waals surface area contributed by atoms with E-state index in [0.717, 1.165) is 26.1 Å². The van der Waals surface area contributed by atoms with Crippen LogP contribution in [0.1, 0.15) is 12.8 Å². The molecule has 2 nitrogen and oxygen atoms in total. The molecule has 16 heavy (non-hydrogen) atoms. The van der Waals surface area contributed by atoms with Crippen molar-refractivity contribution in [3.8, 4) is 5.75 Å². The first kappa shape index (κ1) is 11.7. The Balaban J connectivity index is 1.86. The lowest BCUT2D eigenvalue weighted by molar-refractivity contribution is 0.0497. The first-order valence-corrected chi connectivity index (χ1v) is 5.79. The molecule has 1 aromatic rings. The van der Waals surface area contributed by atoms with Crippen LogP contribution in [-0.2, 0) is 4.74 Å². The molecule has 0 bridgehead atoms. The van der Waals surface area contributed by atoms with Gasteiger partial charge >= 0.3 is 0 Å². The van der Waals surface area contributed by atoms with E-state index < -0.39 is 5.82 Å². The van der Waals surface area contributed by atoms with Crippen LogP contribution in [0.4, 0.5) is 4.39 Å². The number of rotatable bonds is 3. The number of ether oxygens (including phenoxy) is 2. The minimum atomic E-state index is -0.439. The topological polar surface area (TPSA) is 18.5 Å². The molecule has 4 heteroatoms. The van der Waals surface area contributed by atoms with Crippen LogP contribution in [0.15, 0.2) is 18.2 Å². The smallest absolute Gasteiger partial charge is 0.145 e. The summed E-state index contributed by atoms with van der Waals surface area (Å²) in [4.78, 5) is 0. The summed E-state index contributed by atoms with van der Waals surface area (Å²) in [6.07, 6.45) is 2.02. The maximum absolute atomic E-state index is 13.1. The minimum absolute atomic E-state index is 0.124. The van der Waals surface area contributed by atoms with Gasteiger partial charge in [0.2, 0.25) is 0 Å². The summed E-state index contributed by atoms with van der Waals surface area (Å²) in [6, 6.07) is 4.52. The van der Waals surface area contributed by atoms with Crippen molar-refractivity contribution in [3.05, 3.63) is 29.0 Å². The molecule has 2 rings (SSSR count). The van der Waals surface area contributed by atoms with Gasteiger partial charge in [-0.1, -0.05) is 11.6 Å². The molecule has 88 valence electrons. The van der Waals surface area contributed by atoms with E-state index in [-0.39, 0.29) is 5.02 Å². The second kappa shape index (κ2) is 5.51. The van der Waals surface area contributed by atoms with Crippen LogP contribution < -0.4 is 4.74 Å². The van der Waals surface area contributed by atoms with Crippen LogP contribution in [0, 0.1) is 11.7 Å². The lowest BCUT2D eigenvalue weighted by Gasteiger charge is -2.22. The lowest BCUT2D eigenvalue weighted by Crippen LogP contribution is -2.21. The number of benzene rings is 1. The lowest BCUT2D eigenvalue weighted by atomic mass is 10.0. The molecule has 1 heterocycles. The molecule has 0 atom stereocenters. The van der Waals surface area contributed by atoms with Gasteiger partial charge in [-0.15, -0.1) is 0 Å². The number of hydrogen-bond acceptors (Lipinski definition) is 2. The van der Waals surface area contributed by atoms with Crippen LogP contribution >= 0.6 is 11.6 Å². The third-order valence-corrected chi connectivity index (χ3v) is 3.02. The third-order valence-electron chi connectivity index (χ3n) is 2.72. The van der Waals surface area contributed by atoms with E-state index in [1.54, 1.807) is 6.07 Å². The third kappa shape index (κ3) is 3.09. The Morgan fingerprint density at radius 1 is 1.38 bits per heavy atom. The fourth-order valence-corrected chi connectivity index (χ4v) is 1.81. The van der Waals surface area contributed by atoms with Crippen molar-refractivity contribution in [1.82, 2.24) is 0 Å². The zero-order chi connectivity index (χ0) is 11.4. The Kier molecular flexibility index (Phi) is 4.02. The van der Waals surface area contributed by atoms with Crippen molar-refractivity contribution in [3.63, 3.8) is 0 Å². The summed E-state index contributed by atoms with van der Waals surface area (Å²) in [5.41, 5.74) is 0.